The van der Waals surface area contributed by atoms with E-state index in [1.165, 1.54) is 6.92 Å². The van der Waals surface area contributed by atoms with Crippen molar-refractivity contribution in [2.45, 2.75) is 46.3 Å². The molecule has 0 saturated carbocycles. The summed E-state index contributed by atoms with van der Waals surface area (Å²) in [5.41, 5.74) is 0.200. The molecule has 1 aromatic rings. The van der Waals surface area contributed by atoms with Crippen LogP contribution in [0.25, 0.3) is 0 Å². The van der Waals surface area contributed by atoms with Gasteiger partial charge in [0.1, 0.15) is 18.0 Å². The first-order valence-electron chi connectivity index (χ1n) is 10.2. The van der Waals surface area contributed by atoms with Crippen LogP contribution >= 0.6 is 0 Å². The quantitative estimate of drug-likeness (QED) is 0.356. The number of hydrogen-bond donors (Lipinski definition) is 3. The molecule has 166 valence electrons. The van der Waals surface area contributed by atoms with Gasteiger partial charge in [-0.05, 0) is 39.8 Å². The Labute approximate surface area is 178 Å². The molecule has 2 amide bonds. The van der Waals surface area contributed by atoms with Gasteiger partial charge in [0.05, 0.1) is 12.6 Å². The average Bonchev–Trinajstić information content (AvgIpc) is 2.59. The zero-order valence-corrected chi connectivity index (χ0v) is 18.4. The molecule has 9 heteroatoms. The van der Waals surface area contributed by atoms with Crippen molar-refractivity contribution in [3.63, 3.8) is 0 Å². The van der Waals surface area contributed by atoms with Crippen molar-refractivity contribution in [2.24, 2.45) is 4.99 Å². The summed E-state index contributed by atoms with van der Waals surface area (Å²) in [6, 6.07) is 7.36. The molecule has 0 bridgehead atoms. The van der Waals surface area contributed by atoms with Gasteiger partial charge in [0.25, 0.3) is 0 Å². The molecule has 30 heavy (non-hydrogen) atoms. The van der Waals surface area contributed by atoms with E-state index in [0.29, 0.717) is 43.6 Å². The lowest BCUT2D eigenvalue weighted by Gasteiger charge is -2.40. The molecule has 1 fully saturated rings. The lowest BCUT2D eigenvalue weighted by atomic mass is 10.1. The van der Waals surface area contributed by atoms with Crippen molar-refractivity contribution >= 4 is 23.6 Å². The Hall–Kier alpha value is -2.97. The number of ether oxygens (including phenoxy) is 2. The topological polar surface area (TPSA) is 104 Å². The van der Waals surface area contributed by atoms with Crippen molar-refractivity contribution in [1.29, 1.82) is 0 Å². The Kier molecular flexibility index (Phi) is 8.32. The molecule has 9 nitrogen and oxygen atoms in total. The van der Waals surface area contributed by atoms with E-state index in [9.17, 15) is 9.59 Å². The Morgan fingerprint density at radius 3 is 2.63 bits per heavy atom. The summed E-state index contributed by atoms with van der Waals surface area (Å²) in [5, 5.41) is 9.24. The van der Waals surface area contributed by atoms with Gasteiger partial charge in [0.2, 0.25) is 5.91 Å². The van der Waals surface area contributed by atoms with Crippen molar-refractivity contribution in [2.75, 3.05) is 38.1 Å². The van der Waals surface area contributed by atoms with E-state index >= 15 is 0 Å². The van der Waals surface area contributed by atoms with E-state index in [4.69, 9.17) is 9.47 Å². The van der Waals surface area contributed by atoms with Gasteiger partial charge in [-0.25, -0.2) is 9.79 Å². The zero-order chi connectivity index (χ0) is 22.1. The largest absolute Gasteiger partial charge is 0.492 e. The number of anilines is 1. The monoisotopic (exact) mass is 419 g/mol. The first kappa shape index (κ1) is 23.3. The van der Waals surface area contributed by atoms with Crippen LogP contribution in [-0.4, -0.2) is 67.3 Å². The smallest absolute Gasteiger partial charge is 0.410 e. The second-order valence-electron chi connectivity index (χ2n) is 8.04. The molecule has 1 heterocycles. The molecule has 2 rings (SSSR count). The molecular formula is C21H33N5O4. The van der Waals surface area contributed by atoms with Crippen LogP contribution in [0.5, 0.6) is 5.75 Å². The molecule has 1 aliphatic heterocycles. The zero-order valence-electron chi connectivity index (χ0n) is 18.4. The van der Waals surface area contributed by atoms with Gasteiger partial charge in [0, 0.05) is 38.3 Å². The number of likely N-dealkylation sites (tertiary alicyclic amines) is 1. The molecule has 0 aromatic heterocycles. The van der Waals surface area contributed by atoms with Gasteiger partial charge in [-0.2, -0.15) is 0 Å². The number of carbonyl (C=O) groups excluding carboxylic acids is 2. The standard InChI is InChI=1S/C21H33N5O4/c1-6-22-19(25-17-13-26(14-17)20(28)30-21(3,4)5)23-10-11-29-18-9-7-8-16(12-18)24-15(2)27/h7-9,12,17H,6,10-11,13-14H2,1-5H3,(H,24,27)(H2,22,23,25). The minimum Gasteiger partial charge on any atom is -0.492 e. The molecule has 0 atom stereocenters. The first-order valence-corrected chi connectivity index (χ1v) is 10.2. The predicted octanol–water partition coefficient (Wildman–Crippen LogP) is 2.20. The number of nitrogens with zero attached hydrogens (tertiary/aromatic N) is 2. The van der Waals surface area contributed by atoms with Crippen LogP contribution in [0.2, 0.25) is 0 Å². The van der Waals surface area contributed by atoms with Crippen molar-refractivity contribution in [3.05, 3.63) is 24.3 Å². The number of benzene rings is 1. The van der Waals surface area contributed by atoms with Crippen LogP contribution in [0.1, 0.15) is 34.6 Å². The number of carbonyl (C=O) groups is 2. The minimum atomic E-state index is -0.492. The molecule has 0 spiro atoms. The summed E-state index contributed by atoms with van der Waals surface area (Å²) in [6.07, 6.45) is -0.294. The SMILES string of the molecule is CCNC(=NCCOc1cccc(NC(C)=O)c1)NC1CN(C(=O)OC(C)(C)C)C1. The highest BCUT2D eigenvalue weighted by Crippen LogP contribution is 2.17. The molecule has 0 unspecified atom stereocenters. The summed E-state index contributed by atoms with van der Waals surface area (Å²) in [7, 11) is 0. The third-order valence-electron chi connectivity index (χ3n) is 4.00. The fraction of sp³-hybridized carbons (Fsp3) is 0.571. The van der Waals surface area contributed by atoms with Gasteiger partial charge in [-0.15, -0.1) is 0 Å². The van der Waals surface area contributed by atoms with Crippen LogP contribution in [0, 0.1) is 0 Å². The molecule has 0 aliphatic carbocycles. The number of nitrogens with one attached hydrogen (secondary N) is 3. The third-order valence-corrected chi connectivity index (χ3v) is 4.00. The second-order valence-corrected chi connectivity index (χ2v) is 8.04. The molecule has 0 radical (unpaired) electrons. The number of amides is 2. The van der Waals surface area contributed by atoms with E-state index in [2.05, 4.69) is 20.9 Å². The number of guanidine groups is 1. The van der Waals surface area contributed by atoms with Crippen LogP contribution in [0.3, 0.4) is 0 Å². The summed E-state index contributed by atoms with van der Waals surface area (Å²) >= 11 is 0. The lowest BCUT2D eigenvalue weighted by Crippen LogP contribution is -2.63. The van der Waals surface area contributed by atoms with Crippen LogP contribution in [0.4, 0.5) is 10.5 Å². The highest BCUT2D eigenvalue weighted by Gasteiger charge is 2.34. The van der Waals surface area contributed by atoms with E-state index in [1.807, 2.05) is 39.8 Å². The maximum absolute atomic E-state index is 12.0. The summed E-state index contributed by atoms with van der Waals surface area (Å²) in [5.74, 6) is 1.22. The van der Waals surface area contributed by atoms with Crippen LogP contribution in [-0.2, 0) is 9.53 Å². The number of hydrogen-bond acceptors (Lipinski definition) is 5. The van der Waals surface area contributed by atoms with E-state index in [0.717, 1.165) is 6.54 Å². The lowest BCUT2D eigenvalue weighted by molar-refractivity contribution is -0.114. The molecule has 1 aromatic carbocycles. The Bertz CT molecular complexity index is 754. The fourth-order valence-corrected chi connectivity index (χ4v) is 2.75. The normalized spacial score (nSPS) is 14.6. The molecule has 1 saturated heterocycles. The van der Waals surface area contributed by atoms with Gasteiger partial charge >= 0.3 is 6.09 Å². The number of rotatable bonds is 7. The molecule has 3 N–H and O–H groups in total. The van der Waals surface area contributed by atoms with E-state index < -0.39 is 5.60 Å². The molecule has 1 aliphatic rings. The summed E-state index contributed by atoms with van der Waals surface area (Å²) < 4.78 is 11.1. The van der Waals surface area contributed by atoms with Crippen LogP contribution in [0.15, 0.2) is 29.3 Å². The van der Waals surface area contributed by atoms with E-state index in [1.54, 1.807) is 17.0 Å². The van der Waals surface area contributed by atoms with E-state index in [-0.39, 0.29) is 18.0 Å². The Morgan fingerprint density at radius 2 is 2.00 bits per heavy atom. The van der Waals surface area contributed by atoms with Gasteiger partial charge in [-0.1, -0.05) is 6.07 Å². The Balaban J connectivity index is 1.76. The highest BCUT2D eigenvalue weighted by atomic mass is 16.6. The number of aliphatic imine (C=N–C) groups is 1. The summed E-state index contributed by atoms with van der Waals surface area (Å²) in [6.45, 7) is 11.8. The van der Waals surface area contributed by atoms with Crippen molar-refractivity contribution in [3.8, 4) is 5.75 Å². The molecular weight excluding hydrogens is 386 g/mol. The third kappa shape index (κ3) is 8.18. The maximum atomic E-state index is 12.0. The minimum absolute atomic E-state index is 0.126. The average molecular weight is 420 g/mol. The maximum Gasteiger partial charge on any atom is 0.410 e. The van der Waals surface area contributed by atoms with Gasteiger partial charge in [0.15, 0.2) is 5.96 Å². The van der Waals surface area contributed by atoms with Crippen LogP contribution < -0.4 is 20.7 Å². The van der Waals surface area contributed by atoms with Crippen molar-refractivity contribution in [1.82, 2.24) is 15.5 Å². The first-order chi connectivity index (χ1) is 14.2. The predicted molar refractivity (Wildman–Crippen MR) is 117 cm³/mol. The fourth-order valence-electron chi connectivity index (χ4n) is 2.75. The van der Waals surface area contributed by atoms with Gasteiger partial charge in [-0.3, -0.25) is 4.79 Å². The van der Waals surface area contributed by atoms with Gasteiger partial charge < -0.3 is 30.3 Å². The van der Waals surface area contributed by atoms with Crippen molar-refractivity contribution < 1.29 is 19.1 Å². The Morgan fingerprint density at radius 1 is 1.27 bits per heavy atom. The highest BCUT2D eigenvalue weighted by molar-refractivity contribution is 5.88. The second kappa shape index (κ2) is 10.7. The summed E-state index contributed by atoms with van der Waals surface area (Å²) in [4.78, 5) is 29.3.